The van der Waals surface area contributed by atoms with Gasteiger partial charge in [0.2, 0.25) is 0 Å². The minimum atomic E-state index is -0.236. The van der Waals surface area contributed by atoms with Crippen molar-refractivity contribution in [3.8, 4) is 0 Å². The first-order valence-electron chi connectivity index (χ1n) is 4.44. The third-order valence-electron chi connectivity index (χ3n) is 2.39. The van der Waals surface area contributed by atoms with Crippen molar-refractivity contribution in [1.29, 1.82) is 0 Å². The van der Waals surface area contributed by atoms with Gasteiger partial charge in [-0.1, -0.05) is 0 Å². The first kappa shape index (κ1) is 8.29. The van der Waals surface area contributed by atoms with Crippen molar-refractivity contribution in [3.63, 3.8) is 0 Å². The summed E-state index contributed by atoms with van der Waals surface area (Å²) >= 11 is 0. The van der Waals surface area contributed by atoms with E-state index in [1.54, 1.807) is 16.8 Å². The van der Waals surface area contributed by atoms with Crippen LogP contribution in [-0.4, -0.2) is 9.55 Å². The standard InChI is InChI=1S/C9H12N3O/c10-8-5-6-12(9(13)11-8)7-3-1-2-4-7/h1,5-7H,2-4H2,(H2,10,11,13)/t7-/m0/s1. The highest BCUT2D eigenvalue weighted by molar-refractivity contribution is 5.23. The van der Waals surface area contributed by atoms with Crippen molar-refractivity contribution in [3.05, 3.63) is 29.2 Å². The van der Waals surface area contributed by atoms with Gasteiger partial charge in [0, 0.05) is 12.2 Å². The molecule has 1 fully saturated rings. The largest absolute Gasteiger partial charge is 0.383 e. The molecular weight excluding hydrogens is 166 g/mol. The quantitative estimate of drug-likeness (QED) is 0.690. The molecule has 0 spiro atoms. The van der Waals surface area contributed by atoms with Crippen LogP contribution in [0.15, 0.2) is 17.1 Å². The lowest BCUT2D eigenvalue weighted by Gasteiger charge is -2.11. The molecule has 4 nitrogen and oxygen atoms in total. The van der Waals surface area contributed by atoms with Crippen LogP contribution in [0.1, 0.15) is 25.3 Å². The van der Waals surface area contributed by atoms with Gasteiger partial charge in [-0.3, -0.25) is 4.57 Å². The number of nitrogens with two attached hydrogens (primary N) is 1. The summed E-state index contributed by atoms with van der Waals surface area (Å²) < 4.78 is 1.67. The van der Waals surface area contributed by atoms with E-state index in [-0.39, 0.29) is 5.69 Å². The maximum absolute atomic E-state index is 11.4. The van der Waals surface area contributed by atoms with E-state index in [0.717, 1.165) is 19.3 Å². The van der Waals surface area contributed by atoms with Gasteiger partial charge < -0.3 is 5.73 Å². The number of rotatable bonds is 1. The molecule has 0 aromatic carbocycles. The first-order chi connectivity index (χ1) is 6.27. The van der Waals surface area contributed by atoms with Crippen molar-refractivity contribution >= 4 is 5.82 Å². The van der Waals surface area contributed by atoms with Gasteiger partial charge in [-0.05, 0) is 31.7 Å². The molecule has 1 aromatic rings. The van der Waals surface area contributed by atoms with Crippen molar-refractivity contribution in [1.82, 2.24) is 9.55 Å². The van der Waals surface area contributed by atoms with Gasteiger partial charge in [0.1, 0.15) is 5.82 Å². The summed E-state index contributed by atoms with van der Waals surface area (Å²) in [4.78, 5) is 15.1. The van der Waals surface area contributed by atoms with E-state index < -0.39 is 0 Å². The average Bonchev–Trinajstić information content (AvgIpc) is 2.56. The molecule has 1 aliphatic carbocycles. The molecule has 0 amide bonds. The van der Waals surface area contributed by atoms with Crippen LogP contribution < -0.4 is 11.4 Å². The zero-order valence-corrected chi connectivity index (χ0v) is 7.31. The molecule has 69 valence electrons. The van der Waals surface area contributed by atoms with Crippen LogP contribution in [-0.2, 0) is 0 Å². The molecule has 2 N–H and O–H groups in total. The Kier molecular flexibility index (Phi) is 2.04. The summed E-state index contributed by atoms with van der Waals surface area (Å²) in [5.74, 6) is 0.295. The fourth-order valence-corrected chi connectivity index (χ4v) is 1.69. The summed E-state index contributed by atoms with van der Waals surface area (Å²) in [6, 6.07) is 1.96. The van der Waals surface area contributed by atoms with Crippen molar-refractivity contribution in [2.45, 2.75) is 25.3 Å². The first-order valence-corrected chi connectivity index (χ1v) is 4.44. The number of hydrogen-bond acceptors (Lipinski definition) is 3. The van der Waals surface area contributed by atoms with Crippen LogP contribution in [0.2, 0.25) is 0 Å². The molecule has 2 rings (SSSR count). The van der Waals surface area contributed by atoms with Crippen molar-refractivity contribution < 1.29 is 0 Å². The van der Waals surface area contributed by atoms with Gasteiger partial charge in [0.25, 0.3) is 0 Å². The molecule has 1 aromatic heterocycles. The fraction of sp³-hybridized carbons (Fsp3) is 0.444. The number of hydrogen-bond donors (Lipinski definition) is 1. The predicted octanol–water partition coefficient (Wildman–Crippen LogP) is 0.755. The van der Waals surface area contributed by atoms with Crippen LogP contribution in [0, 0.1) is 6.42 Å². The SMILES string of the molecule is Nc1ccn([C@H]2C[CH]CC2)c(=O)n1. The number of nitrogen functional groups attached to an aromatic ring is 1. The van der Waals surface area contributed by atoms with Gasteiger partial charge in [-0.2, -0.15) is 4.98 Å². The smallest absolute Gasteiger partial charge is 0.349 e. The van der Waals surface area contributed by atoms with E-state index in [1.807, 2.05) is 0 Å². The Hall–Kier alpha value is -1.32. The second-order valence-corrected chi connectivity index (χ2v) is 3.30. The minimum Gasteiger partial charge on any atom is -0.383 e. The summed E-state index contributed by atoms with van der Waals surface area (Å²) in [5.41, 5.74) is 5.16. The molecule has 0 saturated heterocycles. The van der Waals surface area contributed by atoms with E-state index in [4.69, 9.17) is 5.73 Å². The summed E-state index contributed by atoms with van der Waals surface area (Å²) in [6.07, 6.45) is 7.01. The monoisotopic (exact) mass is 178 g/mol. The Morgan fingerprint density at radius 1 is 1.62 bits per heavy atom. The molecule has 1 aliphatic rings. The molecule has 1 atom stereocenters. The lowest BCUT2D eigenvalue weighted by molar-refractivity contribution is 0.498. The second kappa shape index (κ2) is 3.20. The summed E-state index contributed by atoms with van der Waals surface area (Å²) in [6.45, 7) is 0. The number of anilines is 1. The molecule has 4 heteroatoms. The second-order valence-electron chi connectivity index (χ2n) is 3.30. The minimum absolute atomic E-state index is 0.236. The Labute approximate surface area is 76.4 Å². The molecule has 0 unspecified atom stereocenters. The third kappa shape index (κ3) is 1.56. The van der Waals surface area contributed by atoms with Gasteiger partial charge >= 0.3 is 5.69 Å². The van der Waals surface area contributed by atoms with E-state index >= 15 is 0 Å². The van der Waals surface area contributed by atoms with E-state index in [2.05, 4.69) is 11.4 Å². The molecule has 1 radical (unpaired) electrons. The van der Waals surface area contributed by atoms with Gasteiger partial charge in [0.05, 0.1) is 0 Å². The third-order valence-corrected chi connectivity index (χ3v) is 2.39. The molecule has 1 saturated carbocycles. The van der Waals surface area contributed by atoms with E-state index in [9.17, 15) is 4.79 Å². The molecular formula is C9H12N3O. The zero-order valence-electron chi connectivity index (χ0n) is 7.31. The van der Waals surface area contributed by atoms with Crippen LogP contribution in [0.25, 0.3) is 0 Å². The van der Waals surface area contributed by atoms with Crippen LogP contribution in [0.4, 0.5) is 5.82 Å². The zero-order chi connectivity index (χ0) is 9.26. The van der Waals surface area contributed by atoms with Crippen molar-refractivity contribution in [2.75, 3.05) is 5.73 Å². The Morgan fingerprint density at radius 2 is 2.46 bits per heavy atom. The van der Waals surface area contributed by atoms with Crippen LogP contribution >= 0.6 is 0 Å². The molecule has 0 aliphatic heterocycles. The highest BCUT2D eigenvalue weighted by atomic mass is 16.1. The van der Waals surface area contributed by atoms with Gasteiger partial charge in [0.15, 0.2) is 0 Å². The van der Waals surface area contributed by atoms with Crippen LogP contribution in [0.3, 0.4) is 0 Å². The summed E-state index contributed by atoms with van der Waals surface area (Å²) in [7, 11) is 0. The Morgan fingerprint density at radius 3 is 3.08 bits per heavy atom. The van der Waals surface area contributed by atoms with Gasteiger partial charge in [-0.25, -0.2) is 4.79 Å². The number of nitrogens with zero attached hydrogens (tertiary/aromatic N) is 2. The molecule has 1 heterocycles. The number of aromatic nitrogens is 2. The van der Waals surface area contributed by atoms with E-state index in [1.165, 1.54) is 0 Å². The average molecular weight is 178 g/mol. The predicted molar refractivity (Wildman–Crippen MR) is 50.1 cm³/mol. The maximum Gasteiger partial charge on any atom is 0.349 e. The normalized spacial score (nSPS) is 17.8. The lowest BCUT2D eigenvalue weighted by Crippen LogP contribution is -2.25. The van der Waals surface area contributed by atoms with Crippen molar-refractivity contribution in [2.24, 2.45) is 0 Å². The molecule has 0 bridgehead atoms. The Balaban J connectivity index is 2.34. The van der Waals surface area contributed by atoms with Crippen LogP contribution in [0.5, 0.6) is 0 Å². The highest BCUT2D eigenvalue weighted by Gasteiger charge is 2.17. The molecule has 13 heavy (non-hydrogen) atoms. The maximum atomic E-state index is 11.4. The summed E-state index contributed by atoms with van der Waals surface area (Å²) in [5, 5.41) is 0. The van der Waals surface area contributed by atoms with Gasteiger partial charge in [-0.15, -0.1) is 0 Å². The lowest BCUT2D eigenvalue weighted by atomic mass is 10.2. The fourth-order valence-electron chi connectivity index (χ4n) is 1.69. The van der Waals surface area contributed by atoms with E-state index in [0.29, 0.717) is 11.9 Å². The highest BCUT2D eigenvalue weighted by Crippen LogP contribution is 2.26. The topological polar surface area (TPSA) is 60.9 Å². The Bertz CT molecular complexity index is 352.